The minimum Gasteiger partial charge on any atom is -0.307 e. The van der Waals surface area contributed by atoms with Gasteiger partial charge >= 0.3 is 0 Å². The Labute approximate surface area is 48.0 Å². The Morgan fingerprint density at radius 2 is 2.75 bits per heavy atom. The summed E-state index contributed by atoms with van der Waals surface area (Å²) in [7, 11) is 3.44. The largest absolute Gasteiger partial charge is 0.307 e. The SMILES string of the molecule is [CH2]NC1CC1=NC#N. The molecule has 0 aromatic heterocycles. The number of hydrogen-bond acceptors (Lipinski definition) is 3. The summed E-state index contributed by atoms with van der Waals surface area (Å²) in [5.41, 5.74) is 0.919. The van der Waals surface area contributed by atoms with Gasteiger partial charge in [-0.15, -0.1) is 0 Å². The van der Waals surface area contributed by atoms with Crippen LogP contribution in [-0.2, 0) is 0 Å². The summed E-state index contributed by atoms with van der Waals surface area (Å²) < 4.78 is 0. The highest BCUT2D eigenvalue weighted by atomic mass is 15.0. The average Bonchev–Trinajstić information content (AvgIpc) is 2.48. The number of nitriles is 1. The maximum absolute atomic E-state index is 8.00. The molecule has 0 heterocycles. The van der Waals surface area contributed by atoms with E-state index in [9.17, 15) is 0 Å². The number of aliphatic imine (C=N–C) groups is 1. The molecule has 1 rings (SSSR count). The van der Waals surface area contributed by atoms with Crippen molar-refractivity contribution in [2.75, 3.05) is 0 Å². The van der Waals surface area contributed by atoms with Crippen molar-refractivity contribution < 1.29 is 0 Å². The zero-order chi connectivity index (χ0) is 5.98. The molecule has 1 fully saturated rings. The summed E-state index contributed by atoms with van der Waals surface area (Å²) in [6.07, 6.45) is 2.60. The van der Waals surface area contributed by atoms with Crippen LogP contribution in [0.5, 0.6) is 0 Å². The van der Waals surface area contributed by atoms with Gasteiger partial charge in [0.1, 0.15) is 0 Å². The number of rotatable bonds is 1. The smallest absolute Gasteiger partial charge is 0.205 e. The van der Waals surface area contributed by atoms with Crippen molar-refractivity contribution in [3.05, 3.63) is 7.05 Å². The van der Waals surface area contributed by atoms with E-state index in [-0.39, 0.29) is 6.04 Å². The Morgan fingerprint density at radius 1 is 2.00 bits per heavy atom. The first kappa shape index (κ1) is 5.26. The topological polar surface area (TPSA) is 48.2 Å². The molecule has 0 saturated heterocycles. The fourth-order valence-corrected chi connectivity index (χ4v) is 0.528. The van der Waals surface area contributed by atoms with Gasteiger partial charge in [-0.25, -0.2) is 0 Å². The lowest BCUT2D eigenvalue weighted by Gasteiger charge is -1.80. The van der Waals surface area contributed by atoms with Crippen molar-refractivity contribution in [3.8, 4) is 6.19 Å². The van der Waals surface area contributed by atoms with Gasteiger partial charge in [-0.05, 0) is 0 Å². The molecule has 1 radical (unpaired) electrons. The van der Waals surface area contributed by atoms with Gasteiger partial charge in [-0.1, -0.05) is 0 Å². The van der Waals surface area contributed by atoms with Crippen LogP contribution in [0.2, 0.25) is 0 Å². The molecule has 1 aliphatic rings. The van der Waals surface area contributed by atoms with Crippen LogP contribution in [0.3, 0.4) is 0 Å². The molecule has 3 heteroatoms. The number of hydrogen-bond donors (Lipinski definition) is 1. The van der Waals surface area contributed by atoms with E-state index >= 15 is 0 Å². The molecule has 8 heavy (non-hydrogen) atoms. The molecular weight excluding hydrogens is 102 g/mol. The molecule has 0 bridgehead atoms. The number of nitrogens with zero attached hydrogens (tertiary/aromatic N) is 2. The van der Waals surface area contributed by atoms with Crippen molar-refractivity contribution in [3.63, 3.8) is 0 Å². The van der Waals surface area contributed by atoms with Gasteiger partial charge in [0.2, 0.25) is 6.19 Å². The van der Waals surface area contributed by atoms with Crippen LogP contribution < -0.4 is 5.32 Å². The van der Waals surface area contributed by atoms with E-state index in [1.807, 2.05) is 0 Å². The van der Waals surface area contributed by atoms with Crippen LogP contribution in [0.15, 0.2) is 4.99 Å². The Balaban J connectivity index is 2.38. The van der Waals surface area contributed by atoms with Crippen molar-refractivity contribution in [1.82, 2.24) is 5.32 Å². The second kappa shape index (κ2) is 1.93. The maximum Gasteiger partial charge on any atom is 0.205 e. The standard InChI is InChI=1S/C5H6N3/c1-7-4-2-5(4)8-3-6/h4,7H,1-2H2. The summed E-state index contributed by atoms with van der Waals surface area (Å²) in [6, 6.07) is 0.287. The third-order valence-electron chi connectivity index (χ3n) is 1.10. The van der Waals surface area contributed by atoms with Gasteiger partial charge in [0.25, 0.3) is 0 Å². The van der Waals surface area contributed by atoms with E-state index in [2.05, 4.69) is 17.4 Å². The summed E-state index contributed by atoms with van der Waals surface area (Å²) >= 11 is 0. The van der Waals surface area contributed by atoms with Gasteiger partial charge in [-0.3, -0.25) is 0 Å². The quantitative estimate of drug-likeness (QED) is 0.483. The molecule has 0 aromatic carbocycles. The second-order valence-electron chi connectivity index (χ2n) is 1.66. The zero-order valence-corrected chi connectivity index (χ0v) is 4.39. The monoisotopic (exact) mass is 108 g/mol. The summed E-state index contributed by atoms with van der Waals surface area (Å²) in [4.78, 5) is 3.51. The molecule has 0 spiro atoms. The minimum atomic E-state index is 0.287. The Hall–Kier alpha value is -0.880. The predicted octanol–water partition coefficient (Wildman–Crippen LogP) is 0.0620. The molecule has 1 saturated carbocycles. The predicted molar refractivity (Wildman–Crippen MR) is 29.9 cm³/mol. The fourth-order valence-electron chi connectivity index (χ4n) is 0.528. The average molecular weight is 108 g/mol. The van der Waals surface area contributed by atoms with Crippen molar-refractivity contribution in [1.29, 1.82) is 5.26 Å². The van der Waals surface area contributed by atoms with E-state index in [0.29, 0.717) is 0 Å². The second-order valence-corrected chi connectivity index (χ2v) is 1.66. The van der Waals surface area contributed by atoms with Gasteiger partial charge in [0, 0.05) is 19.2 Å². The molecule has 0 amide bonds. The number of nitrogens with one attached hydrogen (secondary N) is 1. The normalized spacial score (nSPS) is 30.0. The van der Waals surface area contributed by atoms with Crippen LogP contribution in [0.4, 0.5) is 0 Å². The summed E-state index contributed by atoms with van der Waals surface area (Å²) in [6.45, 7) is 0. The lowest BCUT2D eigenvalue weighted by molar-refractivity contribution is 0.894. The molecular formula is C5H6N3. The molecule has 1 unspecified atom stereocenters. The Morgan fingerprint density at radius 3 is 3.12 bits per heavy atom. The van der Waals surface area contributed by atoms with E-state index < -0.39 is 0 Å². The third-order valence-corrected chi connectivity index (χ3v) is 1.10. The van der Waals surface area contributed by atoms with E-state index in [4.69, 9.17) is 5.26 Å². The van der Waals surface area contributed by atoms with Crippen molar-refractivity contribution in [2.24, 2.45) is 4.99 Å². The third kappa shape index (κ3) is 0.849. The zero-order valence-electron chi connectivity index (χ0n) is 4.39. The lowest BCUT2D eigenvalue weighted by Crippen LogP contribution is -2.07. The van der Waals surface area contributed by atoms with Gasteiger partial charge < -0.3 is 5.32 Å². The molecule has 1 atom stereocenters. The molecule has 3 nitrogen and oxygen atoms in total. The molecule has 1 N–H and O–H groups in total. The molecule has 1 aliphatic carbocycles. The lowest BCUT2D eigenvalue weighted by atomic mass is 10.7. The first-order valence-corrected chi connectivity index (χ1v) is 2.36. The van der Waals surface area contributed by atoms with Crippen molar-refractivity contribution in [2.45, 2.75) is 12.5 Å². The van der Waals surface area contributed by atoms with Gasteiger partial charge in [-0.2, -0.15) is 10.3 Å². The van der Waals surface area contributed by atoms with Crippen LogP contribution in [0.1, 0.15) is 6.42 Å². The first-order valence-electron chi connectivity index (χ1n) is 2.36. The van der Waals surface area contributed by atoms with E-state index in [1.54, 1.807) is 6.19 Å². The minimum absolute atomic E-state index is 0.287. The highest BCUT2D eigenvalue weighted by Gasteiger charge is 2.29. The van der Waals surface area contributed by atoms with Crippen molar-refractivity contribution >= 4 is 5.71 Å². The van der Waals surface area contributed by atoms with Crippen LogP contribution >= 0.6 is 0 Å². The molecule has 0 aliphatic heterocycles. The van der Waals surface area contributed by atoms with Crippen LogP contribution in [-0.4, -0.2) is 11.8 Å². The van der Waals surface area contributed by atoms with Crippen LogP contribution in [0.25, 0.3) is 0 Å². The Kier molecular flexibility index (Phi) is 1.27. The summed E-state index contributed by atoms with van der Waals surface area (Å²) in [5.74, 6) is 0. The van der Waals surface area contributed by atoms with Crippen LogP contribution in [0, 0.1) is 18.5 Å². The molecule has 0 aromatic rings. The maximum atomic E-state index is 8.00. The molecule has 41 valence electrons. The van der Waals surface area contributed by atoms with E-state index in [1.165, 1.54) is 0 Å². The highest BCUT2D eigenvalue weighted by molar-refractivity contribution is 6.05. The summed E-state index contributed by atoms with van der Waals surface area (Å²) in [5, 5.41) is 10.7. The van der Waals surface area contributed by atoms with E-state index in [0.717, 1.165) is 12.1 Å². The first-order chi connectivity index (χ1) is 3.88. The van der Waals surface area contributed by atoms with Gasteiger partial charge in [0.15, 0.2) is 0 Å². The van der Waals surface area contributed by atoms with Gasteiger partial charge in [0.05, 0.1) is 6.04 Å². The highest BCUT2D eigenvalue weighted by Crippen LogP contribution is 2.15. The fraction of sp³-hybridized carbons (Fsp3) is 0.400. The Bertz CT molecular complexity index is 154.